The molecule has 0 aliphatic heterocycles. The van der Waals surface area contributed by atoms with E-state index in [1.54, 1.807) is 6.07 Å². The Morgan fingerprint density at radius 2 is 2.29 bits per heavy atom. The van der Waals surface area contributed by atoms with Gasteiger partial charge in [-0.25, -0.2) is 0 Å². The summed E-state index contributed by atoms with van der Waals surface area (Å²) in [6.07, 6.45) is 1.34. The first-order valence-corrected chi connectivity index (χ1v) is 5.64. The number of nitrogens with one attached hydrogen (secondary N) is 1. The first kappa shape index (κ1) is 11.7. The maximum absolute atomic E-state index is 11.8. The van der Waals surface area contributed by atoms with E-state index < -0.39 is 0 Å². The second-order valence-electron chi connectivity index (χ2n) is 3.55. The Morgan fingerprint density at radius 1 is 1.53 bits per heavy atom. The van der Waals surface area contributed by atoms with Crippen LogP contribution in [0.2, 0.25) is 0 Å². The molecule has 0 aliphatic rings. The molecule has 0 saturated carbocycles. The molecule has 3 N–H and O–H groups in total. The van der Waals surface area contributed by atoms with Gasteiger partial charge in [-0.1, -0.05) is 5.16 Å². The Balaban J connectivity index is 2.28. The van der Waals surface area contributed by atoms with E-state index in [1.165, 1.54) is 12.3 Å². The summed E-state index contributed by atoms with van der Waals surface area (Å²) in [5, 5.41) is 6.22. The predicted octanol–water partition coefficient (Wildman–Crippen LogP) is 2.58. The second-order valence-corrected chi connectivity index (χ2v) is 4.40. The standard InChI is InChI=1S/C11H10BrN3O2/c1-6-4-7(12)10(8(13)5-6)14-11(16)9-2-3-17-15-9/h2-5H,13H2,1H3,(H,14,16). The smallest absolute Gasteiger partial charge is 0.277 e. The van der Waals surface area contributed by atoms with Crippen molar-refractivity contribution in [2.24, 2.45) is 0 Å². The highest BCUT2D eigenvalue weighted by atomic mass is 79.9. The van der Waals surface area contributed by atoms with Gasteiger partial charge in [0.25, 0.3) is 5.91 Å². The number of nitrogen functional groups attached to an aromatic ring is 1. The van der Waals surface area contributed by atoms with E-state index in [2.05, 4.69) is 30.9 Å². The number of nitrogens with zero attached hydrogens (tertiary/aromatic N) is 1. The lowest BCUT2D eigenvalue weighted by Crippen LogP contribution is -2.14. The van der Waals surface area contributed by atoms with Gasteiger partial charge in [0.15, 0.2) is 5.69 Å². The van der Waals surface area contributed by atoms with Gasteiger partial charge in [0, 0.05) is 10.5 Å². The number of aryl methyl sites for hydroxylation is 1. The van der Waals surface area contributed by atoms with Crippen molar-refractivity contribution < 1.29 is 9.32 Å². The minimum absolute atomic E-state index is 0.205. The minimum Gasteiger partial charge on any atom is -0.397 e. The third-order valence-corrected chi connectivity index (χ3v) is 2.80. The van der Waals surface area contributed by atoms with Crippen molar-refractivity contribution in [3.05, 3.63) is 40.2 Å². The zero-order valence-electron chi connectivity index (χ0n) is 9.03. The largest absolute Gasteiger partial charge is 0.397 e. The number of anilines is 2. The van der Waals surface area contributed by atoms with Crippen LogP contribution in [-0.4, -0.2) is 11.1 Å². The molecule has 0 unspecified atom stereocenters. The van der Waals surface area contributed by atoms with Crippen LogP contribution in [0.15, 0.2) is 33.5 Å². The molecule has 1 amide bonds. The van der Waals surface area contributed by atoms with E-state index in [0.717, 1.165) is 10.0 Å². The Morgan fingerprint density at radius 3 is 2.88 bits per heavy atom. The molecule has 1 aromatic carbocycles. The average molecular weight is 296 g/mol. The van der Waals surface area contributed by atoms with Crippen LogP contribution in [0.25, 0.3) is 0 Å². The maximum atomic E-state index is 11.8. The predicted molar refractivity (Wildman–Crippen MR) is 67.7 cm³/mol. The minimum atomic E-state index is -0.366. The Hall–Kier alpha value is -1.82. The van der Waals surface area contributed by atoms with Crippen LogP contribution in [0.4, 0.5) is 11.4 Å². The lowest BCUT2D eigenvalue weighted by Gasteiger charge is -2.10. The number of carbonyl (C=O) groups is 1. The molecule has 0 spiro atoms. The molecule has 88 valence electrons. The molecule has 17 heavy (non-hydrogen) atoms. The highest BCUT2D eigenvalue weighted by Crippen LogP contribution is 2.30. The fraction of sp³-hybridized carbons (Fsp3) is 0.0909. The molecule has 0 bridgehead atoms. The molecule has 1 heterocycles. The Kier molecular flexibility index (Phi) is 3.14. The molecule has 6 heteroatoms. The number of halogens is 1. The molecule has 0 saturated heterocycles. The van der Waals surface area contributed by atoms with E-state index in [9.17, 15) is 4.79 Å². The van der Waals surface area contributed by atoms with Crippen LogP contribution in [0, 0.1) is 6.92 Å². The lowest BCUT2D eigenvalue weighted by molar-refractivity contribution is 0.101. The van der Waals surface area contributed by atoms with Gasteiger partial charge in [0.05, 0.1) is 11.4 Å². The zero-order chi connectivity index (χ0) is 12.4. The van der Waals surface area contributed by atoms with Gasteiger partial charge < -0.3 is 15.6 Å². The summed E-state index contributed by atoms with van der Waals surface area (Å²) in [5.74, 6) is -0.366. The van der Waals surface area contributed by atoms with Crippen molar-refractivity contribution in [3.63, 3.8) is 0 Å². The average Bonchev–Trinajstić information content (AvgIpc) is 2.76. The summed E-state index contributed by atoms with van der Waals surface area (Å²) in [6.45, 7) is 1.92. The van der Waals surface area contributed by atoms with Gasteiger partial charge in [0.2, 0.25) is 0 Å². The van der Waals surface area contributed by atoms with Gasteiger partial charge >= 0.3 is 0 Å². The Bertz CT molecular complexity index is 529. The fourth-order valence-electron chi connectivity index (χ4n) is 1.41. The normalized spacial score (nSPS) is 10.2. The zero-order valence-corrected chi connectivity index (χ0v) is 10.6. The summed E-state index contributed by atoms with van der Waals surface area (Å²) < 4.78 is 5.33. The van der Waals surface area contributed by atoms with E-state index in [1.807, 2.05) is 13.0 Å². The maximum Gasteiger partial charge on any atom is 0.277 e. The first-order valence-electron chi connectivity index (χ1n) is 4.85. The van der Waals surface area contributed by atoms with Crippen molar-refractivity contribution in [1.82, 2.24) is 5.16 Å². The van der Waals surface area contributed by atoms with Crippen LogP contribution in [0.1, 0.15) is 16.1 Å². The summed E-state index contributed by atoms with van der Waals surface area (Å²) in [6, 6.07) is 5.13. The number of benzene rings is 1. The van der Waals surface area contributed by atoms with E-state index in [-0.39, 0.29) is 11.6 Å². The van der Waals surface area contributed by atoms with Gasteiger partial charge in [0.1, 0.15) is 6.26 Å². The Labute approximate surface area is 106 Å². The highest BCUT2D eigenvalue weighted by Gasteiger charge is 2.13. The highest BCUT2D eigenvalue weighted by molar-refractivity contribution is 9.10. The van der Waals surface area contributed by atoms with Crippen molar-refractivity contribution in [1.29, 1.82) is 0 Å². The van der Waals surface area contributed by atoms with Crippen LogP contribution in [0.3, 0.4) is 0 Å². The molecule has 0 radical (unpaired) electrons. The van der Waals surface area contributed by atoms with E-state index in [0.29, 0.717) is 11.4 Å². The number of carbonyl (C=O) groups excluding carboxylic acids is 1. The van der Waals surface area contributed by atoms with Crippen LogP contribution >= 0.6 is 15.9 Å². The second kappa shape index (κ2) is 4.58. The summed E-state index contributed by atoms with van der Waals surface area (Å²) in [5.41, 5.74) is 8.07. The monoisotopic (exact) mass is 295 g/mol. The molecule has 0 atom stereocenters. The van der Waals surface area contributed by atoms with Crippen LogP contribution in [-0.2, 0) is 0 Å². The molecule has 2 rings (SSSR count). The molecular formula is C11H10BrN3O2. The number of rotatable bonds is 2. The molecule has 2 aromatic rings. The number of nitrogens with two attached hydrogens (primary N) is 1. The SMILES string of the molecule is Cc1cc(N)c(NC(=O)c2ccon2)c(Br)c1. The number of hydrogen-bond acceptors (Lipinski definition) is 4. The van der Waals surface area contributed by atoms with Gasteiger partial charge in [-0.05, 0) is 40.5 Å². The van der Waals surface area contributed by atoms with Gasteiger partial charge in [-0.3, -0.25) is 4.79 Å². The van der Waals surface area contributed by atoms with Gasteiger partial charge in [-0.2, -0.15) is 0 Å². The van der Waals surface area contributed by atoms with Gasteiger partial charge in [-0.15, -0.1) is 0 Å². The molecule has 0 aliphatic carbocycles. The molecule has 0 fully saturated rings. The van der Waals surface area contributed by atoms with E-state index in [4.69, 9.17) is 5.73 Å². The van der Waals surface area contributed by atoms with Crippen molar-refractivity contribution in [3.8, 4) is 0 Å². The number of amides is 1. The van der Waals surface area contributed by atoms with Crippen molar-refractivity contribution in [2.75, 3.05) is 11.1 Å². The summed E-state index contributed by atoms with van der Waals surface area (Å²) in [4.78, 5) is 11.8. The first-order chi connectivity index (χ1) is 8.08. The third kappa shape index (κ3) is 2.47. The lowest BCUT2D eigenvalue weighted by atomic mass is 10.2. The summed E-state index contributed by atoms with van der Waals surface area (Å²) in [7, 11) is 0. The third-order valence-electron chi connectivity index (χ3n) is 2.17. The topological polar surface area (TPSA) is 81.1 Å². The molecular weight excluding hydrogens is 286 g/mol. The van der Waals surface area contributed by atoms with E-state index >= 15 is 0 Å². The van der Waals surface area contributed by atoms with Crippen LogP contribution in [0.5, 0.6) is 0 Å². The fourth-order valence-corrected chi connectivity index (χ4v) is 2.10. The molecule has 5 nitrogen and oxygen atoms in total. The van der Waals surface area contributed by atoms with Crippen LogP contribution < -0.4 is 11.1 Å². The number of hydrogen-bond donors (Lipinski definition) is 2. The van der Waals surface area contributed by atoms with Crippen molar-refractivity contribution >= 4 is 33.2 Å². The molecule has 1 aromatic heterocycles. The summed E-state index contributed by atoms with van der Waals surface area (Å²) >= 11 is 3.35. The van der Waals surface area contributed by atoms with Crippen molar-refractivity contribution in [2.45, 2.75) is 6.92 Å². The quantitative estimate of drug-likeness (QED) is 0.835. The number of aromatic nitrogens is 1.